The van der Waals surface area contributed by atoms with E-state index in [0.29, 0.717) is 18.7 Å². The lowest BCUT2D eigenvalue weighted by atomic mass is 9.84. The summed E-state index contributed by atoms with van der Waals surface area (Å²) in [6.07, 6.45) is 6.33. The Balaban J connectivity index is 1.82. The Morgan fingerprint density at radius 3 is 2.80 bits per heavy atom. The van der Waals surface area contributed by atoms with Gasteiger partial charge in [0.1, 0.15) is 0 Å². The van der Waals surface area contributed by atoms with Gasteiger partial charge in [-0.15, -0.1) is 0 Å². The number of esters is 1. The van der Waals surface area contributed by atoms with Gasteiger partial charge in [-0.05, 0) is 52.9 Å². The highest BCUT2D eigenvalue weighted by Gasteiger charge is 2.33. The molecule has 1 saturated heterocycles. The van der Waals surface area contributed by atoms with Crippen molar-refractivity contribution in [3.8, 4) is 0 Å². The molecule has 1 saturated carbocycles. The van der Waals surface area contributed by atoms with Crippen LogP contribution in [0.25, 0.3) is 0 Å². The zero-order valence-electron chi connectivity index (χ0n) is 13.1. The summed E-state index contributed by atoms with van der Waals surface area (Å²) in [7, 11) is 0. The first-order chi connectivity index (χ1) is 9.50. The molecule has 0 bridgehead atoms. The van der Waals surface area contributed by atoms with Gasteiger partial charge < -0.3 is 14.8 Å². The molecule has 2 aliphatic rings. The van der Waals surface area contributed by atoms with Gasteiger partial charge in [0.15, 0.2) is 0 Å². The lowest BCUT2D eigenvalue weighted by Crippen LogP contribution is -2.49. The first-order valence-corrected chi connectivity index (χ1v) is 8.07. The van der Waals surface area contributed by atoms with E-state index in [2.05, 4.69) is 19.2 Å². The van der Waals surface area contributed by atoms with Crippen molar-refractivity contribution in [2.24, 2.45) is 5.92 Å². The largest absolute Gasteiger partial charge is 0.466 e. The molecule has 0 amide bonds. The summed E-state index contributed by atoms with van der Waals surface area (Å²) < 4.78 is 10.9. The van der Waals surface area contributed by atoms with Gasteiger partial charge in [-0.25, -0.2) is 0 Å². The van der Waals surface area contributed by atoms with E-state index < -0.39 is 0 Å². The third-order valence-electron chi connectivity index (χ3n) is 4.46. The predicted octanol–water partition coefficient (Wildman–Crippen LogP) is 2.66. The molecule has 1 heterocycles. The summed E-state index contributed by atoms with van der Waals surface area (Å²) in [5.74, 6) is 0.0837. The quantitative estimate of drug-likeness (QED) is 0.806. The highest BCUT2D eigenvalue weighted by Crippen LogP contribution is 2.29. The van der Waals surface area contributed by atoms with Gasteiger partial charge in [0.2, 0.25) is 0 Å². The minimum Gasteiger partial charge on any atom is -0.466 e. The summed E-state index contributed by atoms with van der Waals surface area (Å²) in [4.78, 5) is 11.9. The fraction of sp³-hybridized carbons (Fsp3) is 0.938. The van der Waals surface area contributed by atoms with Gasteiger partial charge in [-0.2, -0.15) is 0 Å². The number of carbonyl (C=O) groups excluding carboxylic acids is 1. The second-order valence-electron chi connectivity index (χ2n) is 6.78. The SMILES string of the molecule is CCOC(=O)C1CCCC(NC2CCOC(C)(C)C2)C1. The third kappa shape index (κ3) is 4.45. The Kier molecular flexibility index (Phi) is 5.44. The summed E-state index contributed by atoms with van der Waals surface area (Å²) >= 11 is 0. The Morgan fingerprint density at radius 2 is 2.10 bits per heavy atom. The van der Waals surface area contributed by atoms with E-state index in [4.69, 9.17) is 9.47 Å². The van der Waals surface area contributed by atoms with Crippen molar-refractivity contribution in [2.45, 2.75) is 77.0 Å². The van der Waals surface area contributed by atoms with Crippen LogP contribution >= 0.6 is 0 Å². The first-order valence-electron chi connectivity index (χ1n) is 8.07. The van der Waals surface area contributed by atoms with Crippen molar-refractivity contribution < 1.29 is 14.3 Å². The molecule has 0 radical (unpaired) electrons. The van der Waals surface area contributed by atoms with Gasteiger partial charge in [0, 0.05) is 18.7 Å². The van der Waals surface area contributed by atoms with Crippen molar-refractivity contribution in [1.29, 1.82) is 0 Å². The van der Waals surface area contributed by atoms with Crippen LogP contribution in [0.15, 0.2) is 0 Å². The predicted molar refractivity (Wildman–Crippen MR) is 78.6 cm³/mol. The highest BCUT2D eigenvalue weighted by atomic mass is 16.5. The number of nitrogens with one attached hydrogen (secondary N) is 1. The molecule has 0 aromatic carbocycles. The van der Waals surface area contributed by atoms with Crippen molar-refractivity contribution in [3.63, 3.8) is 0 Å². The number of ether oxygens (including phenoxy) is 2. The van der Waals surface area contributed by atoms with Gasteiger partial charge in [-0.1, -0.05) is 6.42 Å². The standard InChI is InChI=1S/C16H29NO3/c1-4-19-15(18)12-6-5-7-13(10-12)17-14-8-9-20-16(2,3)11-14/h12-14,17H,4-11H2,1-3H3. The summed E-state index contributed by atoms with van der Waals surface area (Å²) in [6, 6.07) is 0.974. The molecular formula is C16H29NO3. The Bertz CT molecular complexity index is 330. The van der Waals surface area contributed by atoms with E-state index in [-0.39, 0.29) is 17.5 Å². The maximum atomic E-state index is 11.9. The fourth-order valence-corrected chi connectivity index (χ4v) is 3.52. The molecule has 1 aliphatic heterocycles. The van der Waals surface area contributed by atoms with E-state index in [9.17, 15) is 4.79 Å². The molecule has 2 fully saturated rings. The zero-order chi connectivity index (χ0) is 14.6. The van der Waals surface area contributed by atoms with Crippen molar-refractivity contribution in [1.82, 2.24) is 5.32 Å². The lowest BCUT2D eigenvalue weighted by Gasteiger charge is -2.39. The van der Waals surface area contributed by atoms with Crippen LogP contribution in [0.2, 0.25) is 0 Å². The second-order valence-corrected chi connectivity index (χ2v) is 6.78. The van der Waals surface area contributed by atoms with Crippen LogP contribution < -0.4 is 5.32 Å². The topological polar surface area (TPSA) is 47.6 Å². The van der Waals surface area contributed by atoms with Crippen LogP contribution in [-0.4, -0.2) is 36.9 Å². The first kappa shape index (κ1) is 15.8. The molecule has 4 nitrogen and oxygen atoms in total. The molecule has 0 aromatic heterocycles. The van der Waals surface area contributed by atoms with Crippen LogP contribution in [0.3, 0.4) is 0 Å². The van der Waals surface area contributed by atoms with E-state index in [0.717, 1.165) is 38.7 Å². The van der Waals surface area contributed by atoms with Gasteiger partial charge in [-0.3, -0.25) is 4.79 Å². The molecule has 0 aromatic rings. The fourth-order valence-electron chi connectivity index (χ4n) is 3.52. The molecule has 3 atom stereocenters. The number of carbonyl (C=O) groups is 1. The summed E-state index contributed by atoms with van der Waals surface area (Å²) in [5.41, 5.74) is -0.0227. The van der Waals surface area contributed by atoms with Gasteiger partial charge in [0.05, 0.1) is 18.1 Å². The van der Waals surface area contributed by atoms with Crippen molar-refractivity contribution >= 4 is 5.97 Å². The van der Waals surface area contributed by atoms with E-state index in [1.165, 1.54) is 6.42 Å². The normalized spacial score (nSPS) is 33.6. The average Bonchev–Trinajstić information content (AvgIpc) is 2.38. The summed E-state index contributed by atoms with van der Waals surface area (Å²) in [5, 5.41) is 3.75. The molecule has 0 spiro atoms. The Hall–Kier alpha value is -0.610. The Labute approximate surface area is 122 Å². The van der Waals surface area contributed by atoms with E-state index in [1.54, 1.807) is 0 Å². The molecule has 1 aliphatic carbocycles. The molecular weight excluding hydrogens is 254 g/mol. The van der Waals surface area contributed by atoms with Crippen LogP contribution in [0, 0.1) is 5.92 Å². The van der Waals surface area contributed by atoms with Gasteiger partial charge >= 0.3 is 5.97 Å². The molecule has 116 valence electrons. The minimum absolute atomic E-state index is 0.00805. The van der Waals surface area contributed by atoms with Crippen molar-refractivity contribution in [2.75, 3.05) is 13.2 Å². The molecule has 2 rings (SSSR count). The van der Waals surface area contributed by atoms with Crippen LogP contribution in [-0.2, 0) is 14.3 Å². The van der Waals surface area contributed by atoms with Gasteiger partial charge in [0.25, 0.3) is 0 Å². The van der Waals surface area contributed by atoms with E-state index >= 15 is 0 Å². The minimum atomic E-state index is -0.0227. The lowest BCUT2D eigenvalue weighted by molar-refractivity contribution is -0.149. The Morgan fingerprint density at radius 1 is 1.30 bits per heavy atom. The maximum absolute atomic E-state index is 11.9. The van der Waals surface area contributed by atoms with E-state index in [1.807, 2.05) is 6.92 Å². The van der Waals surface area contributed by atoms with Crippen molar-refractivity contribution in [3.05, 3.63) is 0 Å². The molecule has 3 unspecified atom stereocenters. The maximum Gasteiger partial charge on any atom is 0.308 e. The number of hydrogen-bond acceptors (Lipinski definition) is 4. The highest BCUT2D eigenvalue weighted by molar-refractivity contribution is 5.72. The van der Waals surface area contributed by atoms with Crippen LogP contribution in [0.5, 0.6) is 0 Å². The third-order valence-corrected chi connectivity index (χ3v) is 4.46. The second kappa shape index (κ2) is 6.90. The van der Waals surface area contributed by atoms with Crippen LogP contribution in [0.4, 0.5) is 0 Å². The average molecular weight is 283 g/mol. The van der Waals surface area contributed by atoms with Crippen LogP contribution in [0.1, 0.15) is 59.3 Å². The molecule has 1 N–H and O–H groups in total. The number of rotatable bonds is 4. The monoisotopic (exact) mass is 283 g/mol. The number of hydrogen-bond donors (Lipinski definition) is 1. The smallest absolute Gasteiger partial charge is 0.308 e. The summed E-state index contributed by atoms with van der Waals surface area (Å²) in [6.45, 7) is 7.51. The zero-order valence-corrected chi connectivity index (χ0v) is 13.1. The molecule has 20 heavy (non-hydrogen) atoms. The molecule has 4 heteroatoms.